The molecule has 7 heteroatoms. The standard InChI is InChI=1S/C18H19N5OS/c1-12-7-8-14-16(9-12)25-18(19-14)20-17(24)15-11-23(22-21-15)10-13-5-3-2-4-6-13/h2-6,11-12H,7-10H2,1H3,(H,19,20,24)/t12-/m0/s1. The molecule has 1 aliphatic carbocycles. The maximum atomic E-state index is 12.4. The number of nitrogens with zero attached hydrogens (tertiary/aromatic N) is 4. The molecule has 1 aliphatic rings. The second kappa shape index (κ2) is 6.76. The summed E-state index contributed by atoms with van der Waals surface area (Å²) in [6, 6.07) is 9.96. The van der Waals surface area contributed by atoms with Gasteiger partial charge in [0.15, 0.2) is 10.8 Å². The van der Waals surface area contributed by atoms with E-state index in [2.05, 4.69) is 27.5 Å². The van der Waals surface area contributed by atoms with E-state index in [1.165, 1.54) is 4.88 Å². The molecular formula is C18H19N5OS. The van der Waals surface area contributed by atoms with Gasteiger partial charge in [0, 0.05) is 4.88 Å². The molecule has 25 heavy (non-hydrogen) atoms. The van der Waals surface area contributed by atoms with Crippen molar-refractivity contribution in [3.63, 3.8) is 0 Å². The van der Waals surface area contributed by atoms with E-state index < -0.39 is 0 Å². The van der Waals surface area contributed by atoms with Crippen molar-refractivity contribution in [2.24, 2.45) is 5.92 Å². The minimum absolute atomic E-state index is 0.265. The number of hydrogen-bond acceptors (Lipinski definition) is 5. The highest BCUT2D eigenvalue weighted by Crippen LogP contribution is 2.32. The first kappa shape index (κ1) is 16.0. The SMILES string of the molecule is C[C@H]1CCc2nc(NC(=O)c3cn(Cc4ccccc4)nn3)sc2C1. The van der Waals surface area contributed by atoms with Crippen molar-refractivity contribution in [2.45, 2.75) is 32.7 Å². The Balaban J connectivity index is 1.43. The molecular weight excluding hydrogens is 334 g/mol. The normalized spacial score (nSPS) is 16.4. The van der Waals surface area contributed by atoms with Gasteiger partial charge in [-0.1, -0.05) is 42.5 Å². The highest BCUT2D eigenvalue weighted by molar-refractivity contribution is 7.15. The van der Waals surface area contributed by atoms with Crippen molar-refractivity contribution >= 4 is 22.4 Å². The van der Waals surface area contributed by atoms with Crippen LogP contribution in [0, 0.1) is 5.92 Å². The Morgan fingerprint density at radius 1 is 1.36 bits per heavy atom. The maximum absolute atomic E-state index is 12.4. The Morgan fingerprint density at radius 3 is 3.04 bits per heavy atom. The molecule has 6 nitrogen and oxygen atoms in total. The third kappa shape index (κ3) is 3.61. The predicted molar refractivity (Wildman–Crippen MR) is 96.8 cm³/mol. The van der Waals surface area contributed by atoms with Crippen LogP contribution < -0.4 is 5.32 Å². The molecule has 1 amide bonds. The number of nitrogens with one attached hydrogen (secondary N) is 1. The summed E-state index contributed by atoms with van der Waals surface area (Å²) >= 11 is 1.57. The lowest BCUT2D eigenvalue weighted by Crippen LogP contribution is -2.12. The predicted octanol–water partition coefficient (Wildman–Crippen LogP) is 3.16. The van der Waals surface area contributed by atoms with Crippen molar-refractivity contribution in [1.29, 1.82) is 0 Å². The molecule has 0 spiro atoms. The van der Waals surface area contributed by atoms with Gasteiger partial charge in [0.25, 0.3) is 5.91 Å². The van der Waals surface area contributed by atoms with Crippen molar-refractivity contribution in [3.8, 4) is 0 Å². The van der Waals surface area contributed by atoms with Gasteiger partial charge in [-0.3, -0.25) is 10.1 Å². The van der Waals surface area contributed by atoms with Crippen LogP contribution in [-0.2, 0) is 19.4 Å². The molecule has 1 N–H and O–H groups in total. The van der Waals surface area contributed by atoms with E-state index in [4.69, 9.17) is 0 Å². The molecule has 0 saturated heterocycles. The first-order chi connectivity index (χ1) is 12.2. The average Bonchev–Trinajstić information content (AvgIpc) is 3.22. The quantitative estimate of drug-likeness (QED) is 0.782. The Labute approximate surface area is 149 Å². The van der Waals surface area contributed by atoms with Crippen LogP contribution >= 0.6 is 11.3 Å². The van der Waals surface area contributed by atoms with Gasteiger partial charge in [-0.05, 0) is 30.7 Å². The van der Waals surface area contributed by atoms with E-state index >= 15 is 0 Å². The summed E-state index contributed by atoms with van der Waals surface area (Å²) in [4.78, 5) is 18.2. The topological polar surface area (TPSA) is 72.7 Å². The molecule has 1 aromatic carbocycles. The van der Waals surface area contributed by atoms with Crippen LogP contribution in [0.25, 0.3) is 0 Å². The summed E-state index contributed by atoms with van der Waals surface area (Å²) in [5.74, 6) is 0.424. The second-order valence-electron chi connectivity index (χ2n) is 6.48. The lowest BCUT2D eigenvalue weighted by atomic mass is 9.93. The van der Waals surface area contributed by atoms with Crippen LogP contribution in [0.15, 0.2) is 36.5 Å². The number of carbonyl (C=O) groups excluding carboxylic acids is 1. The van der Waals surface area contributed by atoms with Gasteiger partial charge in [-0.25, -0.2) is 9.67 Å². The molecule has 2 heterocycles. The number of fused-ring (bicyclic) bond motifs is 1. The minimum Gasteiger partial charge on any atom is -0.296 e. The van der Waals surface area contributed by atoms with Crippen LogP contribution in [0.2, 0.25) is 0 Å². The molecule has 128 valence electrons. The maximum Gasteiger partial charge on any atom is 0.279 e. The zero-order valence-corrected chi connectivity index (χ0v) is 14.8. The number of aromatic nitrogens is 4. The molecule has 0 saturated carbocycles. The average molecular weight is 353 g/mol. The van der Waals surface area contributed by atoms with Crippen molar-refractivity contribution in [3.05, 3.63) is 58.4 Å². The zero-order chi connectivity index (χ0) is 17.2. The van der Waals surface area contributed by atoms with Crippen LogP contribution in [-0.4, -0.2) is 25.9 Å². The summed E-state index contributed by atoms with van der Waals surface area (Å²) in [7, 11) is 0. The Kier molecular flexibility index (Phi) is 4.31. The summed E-state index contributed by atoms with van der Waals surface area (Å²) < 4.78 is 1.67. The largest absolute Gasteiger partial charge is 0.296 e. The molecule has 0 bridgehead atoms. The first-order valence-electron chi connectivity index (χ1n) is 8.41. The van der Waals surface area contributed by atoms with Crippen LogP contribution in [0.4, 0.5) is 5.13 Å². The van der Waals surface area contributed by atoms with Gasteiger partial charge >= 0.3 is 0 Å². The Morgan fingerprint density at radius 2 is 2.20 bits per heavy atom. The van der Waals surface area contributed by atoms with Gasteiger partial charge in [0.05, 0.1) is 18.4 Å². The number of amides is 1. The highest BCUT2D eigenvalue weighted by Gasteiger charge is 2.21. The molecule has 0 aliphatic heterocycles. The van der Waals surface area contributed by atoms with Crippen molar-refractivity contribution in [2.75, 3.05) is 5.32 Å². The highest BCUT2D eigenvalue weighted by atomic mass is 32.1. The van der Waals surface area contributed by atoms with E-state index in [9.17, 15) is 4.79 Å². The van der Waals surface area contributed by atoms with Gasteiger partial charge in [-0.2, -0.15) is 0 Å². The van der Waals surface area contributed by atoms with Crippen molar-refractivity contribution in [1.82, 2.24) is 20.0 Å². The number of carbonyl (C=O) groups is 1. The summed E-state index contributed by atoms with van der Waals surface area (Å²) in [5.41, 5.74) is 2.55. The van der Waals surface area contributed by atoms with Gasteiger partial charge in [0.1, 0.15) is 0 Å². The van der Waals surface area contributed by atoms with E-state index in [-0.39, 0.29) is 5.91 Å². The van der Waals surface area contributed by atoms with Crippen LogP contribution in [0.3, 0.4) is 0 Å². The smallest absolute Gasteiger partial charge is 0.279 e. The fraction of sp³-hybridized carbons (Fsp3) is 0.333. The zero-order valence-electron chi connectivity index (χ0n) is 14.0. The number of aryl methyl sites for hydroxylation is 1. The van der Waals surface area contributed by atoms with Gasteiger partial charge < -0.3 is 0 Å². The third-order valence-electron chi connectivity index (χ3n) is 4.37. The number of rotatable bonds is 4. The molecule has 0 radical (unpaired) electrons. The van der Waals surface area contributed by atoms with Crippen LogP contribution in [0.1, 0.15) is 40.0 Å². The lowest BCUT2D eigenvalue weighted by molar-refractivity contribution is 0.102. The fourth-order valence-corrected chi connectivity index (χ4v) is 4.17. The fourth-order valence-electron chi connectivity index (χ4n) is 3.00. The minimum atomic E-state index is -0.265. The van der Waals surface area contributed by atoms with Crippen LogP contribution in [0.5, 0.6) is 0 Å². The number of thiazole rings is 1. The van der Waals surface area contributed by atoms with E-state index in [1.807, 2.05) is 30.3 Å². The summed E-state index contributed by atoms with van der Waals surface area (Å²) in [6.45, 7) is 2.84. The number of anilines is 1. The molecule has 3 aromatic rings. The first-order valence-corrected chi connectivity index (χ1v) is 9.23. The monoisotopic (exact) mass is 353 g/mol. The molecule has 0 fully saturated rings. The number of hydrogen-bond donors (Lipinski definition) is 1. The van der Waals surface area contributed by atoms with E-state index in [0.29, 0.717) is 23.3 Å². The Bertz CT molecular complexity index is 886. The third-order valence-corrected chi connectivity index (χ3v) is 5.40. The Hall–Kier alpha value is -2.54. The van der Waals surface area contributed by atoms with E-state index in [1.54, 1.807) is 22.2 Å². The molecule has 0 unspecified atom stereocenters. The van der Waals surface area contributed by atoms with Gasteiger partial charge in [0.2, 0.25) is 0 Å². The second-order valence-corrected chi connectivity index (χ2v) is 7.56. The van der Waals surface area contributed by atoms with Crippen molar-refractivity contribution < 1.29 is 4.79 Å². The molecule has 4 rings (SSSR count). The summed E-state index contributed by atoms with van der Waals surface area (Å²) in [6.07, 6.45) is 4.88. The molecule has 2 aromatic heterocycles. The lowest BCUT2D eigenvalue weighted by Gasteiger charge is -2.15. The summed E-state index contributed by atoms with van der Waals surface area (Å²) in [5, 5.41) is 11.5. The van der Waals surface area contributed by atoms with E-state index in [0.717, 1.165) is 30.5 Å². The van der Waals surface area contributed by atoms with Gasteiger partial charge in [-0.15, -0.1) is 16.4 Å². The molecule has 1 atom stereocenters. The number of benzene rings is 1.